The molecule has 0 saturated carbocycles. The van der Waals surface area contributed by atoms with E-state index in [0.29, 0.717) is 25.7 Å². The number of piperazine rings is 2. The Labute approximate surface area is 295 Å². The van der Waals surface area contributed by atoms with Gasteiger partial charge >= 0.3 is 0 Å². The van der Waals surface area contributed by atoms with E-state index in [2.05, 4.69) is 33.4 Å². The van der Waals surface area contributed by atoms with Crippen molar-refractivity contribution >= 4 is 35.0 Å². The summed E-state index contributed by atoms with van der Waals surface area (Å²) in [7, 11) is 0. The molecule has 0 spiro atoms. The van der Waals surface area contributed by atoms with E-state index in [1.54, 1.807) is 9.80 Å². The van der Waals surface area contributed by atoms with Crippen LogP contribution in [0, 0.1) is 6.92 Å². The van der Waals surface area contributed by atoms with Gasteiger partial charge in [0.15, 0.2) is 0 Å². The summed E-state index contributed by atoms with van der Waals surface area (Å²) < 4.78 is 0. The minimum atomic E-state index is -0.865. The third kappa shape index (κ3) is 3.93. The minimum Gasteiger partial charge on any atom is -0.364 e. The molecule has 0 unspecified atom stereocenters. The minimum absolute atomic E-state index is 0.130. The van der Waals surface area contributed by atoms with Gasteiger partial charge in [-0.25, -0.2) is 0 Å². The Kier molecular flexibility index (Phi) is 6.33. The van der Waals surface area contributed by atoms with E-state index in [4.69, 9.17) is 0 Å². The van der Waals surface area contributed by atoms with Gasteiger partial charge in [-0.05, 0) is 59.7 Å². The third-order valence-electron chi connectivity index (χ3n) is 12.7. The summed E-state index contributed by atoms with van der Waals surface area (Å²) in [6.45, 7) is 2.02. The van der Waals surface area contributed by atoms with E-state index in [0.717, 1.165) is 39.2 Å². The summed E-state index contributed by atoms with van der Waals surface area (Å²) >= 11 is 0. The first-order valence-corrected chi connectivity index (χ1v) is 17.9. The molecular weight excluding hydrogens is 640 g/mol. The summed E-state index contributed by atoms with van der Waals surface area (Å²) in [5.41, 5.74) is 5.10. The van der Waals surface area contributed by atoms with E-state index in [1.807, 2.05) is 97.9 Å². The molecule has 0 aliphatic carbocycles. The van der Waals surface area contributed by atoms with Gasteiger partial charge in [-0.3, -0.25) is 19.2 Å². The van der Waals surface area contributed by atoms with Crippen LogP contribution in [-0.4, -0.2) is 69.9 Å². The number of rotatable bonds is 5. The second-order valence-corrected chi connectivity index (χ2v) is 15.0. The SMILES string of the molecule is Cc1ccccc1C[C@@H]1NC(=O)[C@@H]2C[C@@]3([C@]45C[C@H]6C(=O)N[C@@H](Cc7ccccc7)C(=O)N6[C@H]4Nc4ccccc45)c4ccccc4N[C@@H]3N2C1=O. The standard InChI is InChI=1S/C41H38N6O4/c1-23-11-5-6-14-25(23)20-31-37(51)47-33(35(49)43-31)22-41(27-16-8-10-18-29(27)45-39(41)47)40-21-32-34(48)42-30(19-24-12-3-2-4-13-24)36(50)46(32)38(40)44-28-17-9-7-15-26(28)40/h2-18,30-33,38-39,44-45H,19-22H2,1H3,(H,42,48)(H,43,49)/t30-,31-,32-,33-,38+,39+,40-,41+/m0/s1. The van der Waals surface area contributed by atoms with Crippen LogP contribution in [0.15, 0.2) is 103 Å². The fourth-order valence-corrected chi connectivity index (χ4v) is 10.6. The van der Waals surface area contributed by atoms with Crippen LogP contribution in [0.1, 0.15) is 40.7 Å². The molecule has 4 aromatic rings. The predicted octanol–water partition coefficient (Wildman–Crippen LogP) is 3.36. The van der Waals surface area contributed by atoms with E-state index in [9.17, 15) is 19.2 Å². The average Bonchev–Trinajstić information content (AvgIpc) is 3.85. The Bertz CT molecular complexity index is 2160. The number of carbonyl (C=O) groups is 4. The summed E-state index contributed by atoms with van der Waals surface area (Å²) in [4.78, 5) is 61.4. The highest BCUT2D eigenvalue weighted by atomic mass is 16.2. The van der Waals surface area contributed by atoms with Crippen LogP contribution in [0.25, 0.3) is 0 Å². The third-order valence-corrected chi connectivity index (χ3v) is 12.7. The monoisotopic (exact) mass is 678 g/mol. The number of hydrogen-bond donors (Lipinski definition) is 4. The summed E-state index contributed by atoms with van der Waals surface area (Å²) in [6.07, 6.45) is 0.270. The maximum absolute atomic E-state index is 14.8. The van der Waals surface area contributed by atoms with Crippen LogP contribution in [0.3, 0.4) is 0 Å². The predicted molar refractivity (Wildman–Crippen MR) is 190 cm³/mol. The largest absolute Gasteiger partial charge is 0.364 e. The van der Waals surface area contributed by atoms with Crippen LogP contribution in [0.2, 0.25) is 0 Å². The van der Waals surface area contributed by atoms with Crippen molar-refractivity contribution in [3.63, 3.8) is 0 Å². The lowest BCUT2D eigenvalue weighted by Crippen LogP contribution is -2.67. The van der Waals surface area contributed by atoms with E-state index < -0.39 is 47.3 Å². The highest BCUT2D eigenvalue weighted by Crippen LogP contribution is 2.68. The van der Waals surface area contributed by atoms with Gasteiger partial charge in [0.2, 0.25) is 23.6 Å². The van der Waals surface area contributed by atoms with Crippen molar-refractivity contribution in [3.05, 3.63) is 131 Å². The number of nitrogens with zero attached hydrogens (tertiary/aromatic N) is 2. The molecule has 6 aliphatic heterocycles. The Hall–Kier alpha value is -5.64. The van der Waals surface area contributed by atoms with Crippen LogP contribution in [0.5, 0.6) is 0 Å². The Morgan fingerprint density at radius 1 is 0.569 bits per heavy atom. The van der Waals surface area contributed by atoms with E-state index in [-0.39, 0.29) is 23.6 Å². The molecule has 4 saturated heterocycles. The normalized spacial score (nSPS) is 32.5. The number of benzene rings is 4. The van der Waals surface area contributed by atoms with E-state index >= 15 is 0 Å². The van der Waals surface area contributed by atoms with Gasteiger partial charge in [0, 0.05) is 24.2 Å². The fourth-order valence-electron chi connectivity index (χ4n) is 10.6. The highest BCUT2D eigenvalue weighted by Gasteiger charge is 2.78. The molecule has 6 heterocycles. The highest BCUT2D eigenvalue weighted by molar-refractivity contribution is 6.01. The number of carbonyl (C=O) groups excluding carboxylic acids is 4. The van der Waals surface area contributed by atoms with Gasteiger partial charge in [-0.15, -0.1) is 0 Å². The van der Waals surface area contributed by atoms with Crippen molar-refractivity contribution in [1.82, 2.24) is 20.4 Å². The molecule has 10 nitrogen and oxygen atoms in total. The fraction of sp³-hybridized carbons (Fsp3) is 0.317. The second kappa shape index (κ2) is 10.7. The van der Waals surface area contributed by atoms with Gasteiger partial charge < -0.3 is 31.1 Å². The number of fused-ring (bicyclic) bond motifs is 11. The smallest absolute Gasteiger partial charge is 0.247 e. The first kappa shape index (κ1) is 30.2. The Morgan fingerprint density at radius 3 is 1.59 bits per heavy atom. The molecule has 4 amide bonds. The molecule has 0 aromatic heterocycles. The molecule has 0 radical (unpaired) electrons. The molecule has 4 N–H and O–H groups in total. The van der Waals surface area contributed by atoms with Crippen LogP contribution in [0.4, 0.5) is 11.4 Å². The molecule has 8 atom stereocenters. The number of para-hydroxylation sites is 2. The van der Waals surface area contributed by atoms with Crippen molar-refractivity contribution in [1.29, 1.82) is 0 Å². The van der Waals surface area contributed by atoms with Gasteiger partial charge in [0.25, 0.3) is 0 Å². The molecule has 6 aliphatic rings. The maximum atomic E-state index is 14.8. The van der Waals surface area contributed by atoms with E-state index in [1.165, 1.54) is 0 Å². The zero-order chi connectivity index (χ0) is 34.6. The topological polar surface area (TPSA) is 123 Å². The Morgan fingerprint density at radius 2 is 1.04 bits per heavy atom. The van der Waals surface area contributed by atoms with Crippen molar-refractivity contribution in [3.8, 4) is 0 Å². The van der Waals surface area contributed by atoms with Crippen molar-refractivity contribution in [2.45, 2.75) is 79.9 Å². The first-order valence-electron chi connectivity index (χ1n) is 17.9. The second-order valence-electron chi connectivity index (χ2n) is 15.0. The molecular formula is C41H38N6O4. The lowest BCUT2D eigenvalue weighted by Gasteiger charge is -2.48. The van der Waals surface area contributed by atoms with Gasteiger partial charge in [0.1, 0.15) is 36.5 Å². The number of anilines is 2. The molecule has 10 rings (SSSR count). The number of nitrogens with one attached hydrogen (secondary N) is 4. The van der Waals surface area contributed by atoms with Crippen molar-refractivity contribution in [2.24, 2.45) is 0 Å². The zero-order valence-corrected chi connectivity index (χ0v) is 28.1. The van der Waals surface area contributed by atoms with Crippen LogP contribution < -0.4 is 21.3 Å². The van der Waals surface area contributed by atoms with Crippen LogP contribution >= 0.6 is 0 Å². The summed E-state index contributed by atoms with van der Waals surface area (Å²) in [5.74, 6) is -0.625. The van der Waals surface area contributed by atoms with Crippen molar-refractivity contribution in [2.75, 3.05) is 10.6 Å². The van der Waals surface area contributed by atoms with Crippen molar-refractivity contribution < 1.29 is 19.2 Å². The molecule has 10 heteroatoms. The molecule has 4 aromatic carbocycles. The first-order chi connectivity index (χ1) is 24.8. The van der Waals surface area contributed by atoms with Gasteiger partial charge in [0.05, 0.1) is 10.8 Å². The van der Waals surface area contributed by atoms with Crippen LogP contribution in [-0.2, 0) is 42.8 Å². The quantitative estimate of drug-likeness (QED) is 0.257. The lowest BCUT2D eigenvalue weighted by molar-refractivity contribution is -0.149. The molecule has 51 heavy (non-hydrogen) atoms. The number of amides is 4. The summed E-state index contributed by atoms with van der Waals surface area (Å²) in [6, 6.07) is 31.0. The molecule has 0 bridgehead atoms. The maximum Gasteiger partial charge on any atom is 0.247 e. The van der Waals surface area contributed by atoms with Gasteiger partial charge in [-0.2, -0.15) is 0 Å². The Balaban J connectivity index is 1.12. The number of hydrogen-bond acceptors (Lipinski definition) is 6. The molecule has 256 valence electrons. The van der Waals surface area contributed by atoms with Gasteiger partial charge in [-0.1, -0.05) is 91.0 Å². The summed E-state index contributed by atoms with van der Waals surface area (Å²) in [5, 5.41) is 13.6. The molecule has 4 fully saturated rings. The lowest BCUT2D eigenvalue weighted by atomic mass is 9.54. The zero-order valence-electron chi connectivity index (χ0n) is 28.1. The number of aryl methyl sites for hydroxylation is 1. The average molecular weight is 679 g/mol.